The lowest BCUT2D eigenvalue weighted by Crippen LogP contribution is -2.57. The minimum Gasteiger partial charge on any atom is -0.352 e. The zero-order valence-corrected chi connectivity index (χ0v) is 6.55. The Kier molecular flexibility index (Phi) is 1.68. The molecule has 2 nitrogen and oxygen atoms in total. The number of rotatable bonds is 0. The largest absolute Gasteiger partial charge is 0.352 e. The van der Waals surface area contributed by atoms with E-state index < -0.39 is 0 Å². The number of carbonyl (C=O) groups excluding carboxylic acids is 1. The van der Waals surface area contributed by atoms with E-state index in [1.807, 2.05) is 0 Å². The highest BCUT2D eigenvalue weighted by Crippen LogP contribution is 2.26. The number of hydrogen-bond donors (Lipinski definition) is 1. The fourth-order valence-electron chi connectivity index (χ4n) is 1.87. The molecule has 2 atom stereocenters. The zero-order valence-electron chi connectivity index (χ0n) is 6.55. The molecule has 60 valence electrons. The van der Waals surface area contributed by atoms with Gasteiger partial charge in [0.1, 0.15) is 0 Å². The molecule has 0 saturated carbocycles. The number of carbonyl (C=O) groups is 1. The van der Waals surface area contributed by atoms with Gasteiger partial charge in [-0.1, -0.05) is 12.2 Å². The first kappa shape index (κ1) is 6.89. The summed E-state index contributed by atoms with van der Waals surface area (Å²) in [5.74, 6) is 0.602. The van der Waals surface area contributed by atoms with Crippen LogP contribution in [0, 0.1) is 5.92 Å². The highest BCUT2D eigenvalue weighted by molar-refractivity contribution is 5.85. The van der Waals surface area contributed by atoms with E-state index in [0.29, 0.717) is 12.0 Å². The molecule has 0 spiro atoms. The maximum Gasteiger partial charge on any atom is 0.225 e. The lowest BCUT2D eigenvalue weighted by atomic mass is 9.82. The second kappa shape index (κ2) is 2.68. The lowest BCUT2D eigenvalue weighted by Gasteiger charge is -2.37. The van der Waals surface area contributed by atoms with Crippen molar-refractivity contribution >= 4 is 5.91 Å². The molecule has 1 saturated heterocycles. The number of fused-ring (bicyclic) bond motifs is 1. The maximum absolute atomic E-state index is 11.0. The molecule has 1 unspecified atom stereocenters. The van der Waals surface area contributed by atoms with Gasteiger partial charge in [-0.3, -0.25) is 4.79 Å². The molecule has 1 fully saturated rings. The van der Waals surface area contributed by atoms with Crippen LogP contribution in [0.15, 0.2) is 12.2 Å². The summed E-state index contributed by atoms with van der Waals surface area (Å²) in [7, 11) is 0. The molecule has 1 amide bonds. The molecule has 1 heterocycles. The first-order valence-electron chi connectivity index (χ1n) is 4.33. The van der Waals surface area contributed by atoms with Crippen LogP contribution in [0.1, 0.15) is 25.7 Å². The molecule has 2 rings (SSSR count). The van der Waals surface area contributed by atoms with Gasteiger partial charge in [0.05, 0.1) is 5.92 Å². The lowest BCUT2D eigenvalue weighted by molar-refractivity contribution is -0.135. The predicted octanol–water partition coefficient (Wildman–Crippen LogP) is 1.23. The summed E-state index contributed by atoms with van der Waals surface area (Å²) in [5, 5.41) is 2.94. The number of hydrogen-bond acceptors (Lipinski definition) is 1. The van der Waals surface area contributed by atoms with Crippen molar-refractivity contribution in [2.45, 2.75) is 31.7 Å². The molecule has 2 heteroatoms. The van der Waals surface area contributed by atoms with E-state index in [2.05, 4.69) is 17.5 Å². The van der Waals surface area contributed by atoms with Gasteiger partial charge >= 0.3 is 0 Å². The average Bonchev–Trinajstić information content (AvgIpc) is 1.96. The molecule has 11 heavy (non-hydrogen) atoms. The van der Waals surface area contributed by atoms with Gasteiger partial charge in [-0.05, 0) is 25.7 Å². The summed E-state index contributed by atoms with van der Waals surface area (Å²) in [4.78, 5) is 11.0. The van der Waals surface area contributed by atoms with Gasteiger partial charge in [-0.25, -0.2) is 0 Å². The van der Waals surface area contributed by atoms with Crippen LogP contribution < -0.4 is 5.32 Å². The van der Waals surface area contributed by atoms with Gasteiger partial charge < -0.3 is 5.32 Å². The minimum absolute atomic E-state index is 0.269. The highest BCUT2D eigenvalue weighted by Gasteiger charge is 2.37. The van der Waals surface area contributed by atoms with Gasteiger partial charge in [-0.15, -0.1) is 0 Å². The van der Waals surface area contributed by atoms with Crippen molar-refractivity contribution in [3.8, 4) is 0 Å². The molecule has 2 aliphatic rings. The summed E-state index contributed by atoms with van der Waals surface area (Å²) < 4.78 is 0. The standard InChI is InChI=1S/C9H13NO/c11-9-7-5-3-1-2-4-6-8(7)10-9/h1-2,7-8H,3-6H2,(H,10,11)/b2-1-/t7?,8-/m1/s1. The van der Waals surface area contributed by atoms with E-state index in [1.165, 1.54) is 0 Å². The van der Waals surface area contributed by atoms with E-state index in [-0.39, 0.29) is 5.91 Å². The number of β-lactam (4-membered cyclic amide) rings is 1. The average molecular weight is 151 g/mol. The second-order valence-electron chi connectivity index (χ2n) is 3.35. The Morgan fingerprint density at radius 3 is 2.73 bits per heavy atom. The van der Waals surface area contributed by atoms with Crippen molar-refractivity contribution < 1.29 is 4.79 Å². The third kappa shape index (κ3) is 1.17. The van der Waals surface area contributed by atoms with Crippen LogP contribution in [0.4, 0.5) is 0 Å². The summed E-state index contributed by atoms with van der Waals surface area (Å²) in [5.41, 5.74) is 0. The van der Waals surface area contributed by atoms with Crippen LogP contribution in [0.5, 0.6) is 0 Å². The van der Waals surface area contributed by atoms with Crippen molar-refractivity contribution in [3.05, 3.63) is 12.2 Å². The predicted molar refractivity (Wildman–Crippen MR) is 43.0 cm³/mol. The fourth-order valence-corrected chi connectivity index (χ4v) is 1.87. The molecule has 1 aliphatic heterocycles. The van der Waals surface area contributed by atoms with Crippen molar-refractivity contribution in [1.82, 2.24) is 5.32 Å². The van der Waals surface area contributed by atoms with Crippen LogP contribution in [-0.4, -0.2) is 11.9 Å². The summed E-state index contributed by atoms with van der Waals surface area (Å²) in [6, 6.07) is 0.493. The van der Waals surface area contributed by atoms with E-state index >= 15 is 0 Å². The number of allylic oxidation sites excluding steroid dienone is 2. The zero-order chi connectivity index (χ0) is 7.68. The van der Waals surface area contributed by atoms with Crippen molar-refractivity contribution in [3.63, 3.8) is 0 Å². The minimum atomic E-state index is 0.269. The molecule has 1 aliphatic carbocycles. The molecule has 0 aromatic heterocycles. The Bertz CT molecular complexity index is 198. The highest BCUT2D eigenvalue weighted by atomic mass is 16.2. The van der Waals surface area contributed by atoms with E-state index in [1.54, 1.807) is 0 Å². The van der Waals surface area contributed by atoms with Gasteiger partial charge in [0.15, 0.2) is 0 Å². The van der Waals surface area contributed by atoms with E-state index in [9.17, 15) is 4.79 Å². The van der Waals surface area contributed by atoms with Crippen LogP contribution >= 0.6 is 0 Å². The van der Waals surface area contributed by atoms with Gasteiger partial charge in [0, 0.05) is 6.04 Å². The number of amides is 1. The Morgan fingerprint density at radius 2 is 2.00 bits per heavy atom. The first-order chi connectivity index (χ1) is 5.38. The van der Waals surface area contributed by atoms with Crippen LogP contribution in [0.25, 0.3) is 0 Å². The summed E-state index contributed by atoms with van der Waals surface area (Å²) in [6.45, 7) is 0. The van der Waals surface area contributed by atoms with Crippen LogP contribution in [0.3, 0.4) is 0 Å². The maximum atomic E-state index is 11.0. The van der Waals surface area contributed by atoms with E-state index in [0.717, 1.165) is 25.7 Å². The van der Waals surface area contributed by atoms with Crippen molar-refractivity contribution in [2.24, 2.45) is 5.92 Å². The number of nitrogens with one attached hydrogen (secondary N) is 1. The third-order valence-corrected chi connectivity index (χ3v) is 2.61. The molecular weight excluding hydrogens is 138 g/mol. The Hall–Kier alpha value is -0.790. The van der Waals surface area contributed by atoms with Gasteiger partial charge in [-0.2, -0.15) is 0 Å². The molecule has 0 bridgehead atoms. The van der Waals surface area contributed by atoms with Gasteiger partial charge in [0.25, 0.3) is 0 Å². The molecular formula is C9H13NO. The van der Waals surface area contributed by atoms with Crippen LogP contribution in [0.2, 0.25) is 0 Å². The Morgan fingerprint density at radius 1 is 1.27 bits per heavy atom. The first-order valence-corrected chi connectivity index (χ1v) is 4.33. The summed E-state index contributed by atoms with van der Waals surface area (Å²) >= 11 is 0. The summed E-state index contributed by atoms with van der Waals surface area (Å²) in [6.07, 6.45) is 8.80. The monoisotopic (exact) mass is 151 g/mol. The molecule has 0 aromatic rings. The van der Waals surface area contributed by atoms with Crippen molar-refractivity contribution in [1.29, 1.82) is 0 Å². The quantitative estimate of drug-likeness (QED) is 0.409. The SMILES string of the molecule is O=C1N[C@@H]2CC/C=C\CCC12. The van der Waals surface area contributed by atoms with Crippen LogP contribution in [-0.2, 0) is 4.79 Å². The molecule has 1 N–H and O–H groups in total. The molecule has 0 aromatic carbocycles. The topological polar surface area (TPSA) is 29.1 Å². The normalized spacial score (nSPS) is 39.1. The van der Waals surface area contributed by atoms with Crippen molar-refractivity contribution in [2.75, 3.05) is 0 Å². The second-order valence-corrected chi connectivity index (χ2v) is 3.35. The van der Waals surface area contributed by atoms with Gasteiger partial charge in [0.2, 0.25) is 5.91 Å². The Labute approximate surface area is 66.7 Å². The smallest absolute Gasteiger partial charge is 0.225 e. The fraction of sp³-hybridized carbons (Fsp3) is 0.667. The molecule has 0 radical (unpaired) electrons. The third-order valence-electron chi connectivity index (χ3n) is 2.61. The Balaban J connectivity index is 2.00. The van der Waals surface area contributed by atoms with E-state index in [4.69, 9.17) is 0 Å².